The first-order valence-electron chi connectivity index (χ1n) is 47.9. The van der Waals surface area contributed by atoms with Gasteiger partial charge in [0.05, 0.1) is 0 Å². The van der Waals surface area contributed by atoms with Gasteiger partial charge in [-0.2, -0.15) is 0 Å². The molecule has 0 radical (unpaired) electrons. The molecule has 662 valence electrons. The molecule has 3 heterocycles. The number of hydrogen-bond donors (Lipinski definition) is 0. The number of fused-ring (bicyclic) bond motifs is 9. The van der Waals surface area contributed by atoms with Crippen molar-refractivity contribution in [2.45, 2.75) is 19.3 Å². The highest BCUT2D eigenvalue weighted by Gasteiger charge is 2.30. The number of rotatable bonds is 17. The fourth-order valence-electron chi connectivity index (χ4n) is 20.2. The van der Waals surface area contributed by atoms with Gasteiger partial charge in [-0.1, -0.05) is 491 Å². The minimum Gasteiger partial charge on any atom is -0.208 e. The molecule has 3 aliphatic rings. The van der Waals surface area contributed by atoms with Gasteiger partial charge >= 0.3 is 0 Å². The van der Waals surface area contributed by atoms with Gasteiger partial charge in [-0.25, -0.2) is 44.9 Å². The van der Waals surface area contributed by atoms with Gasteiger partial charge in [-0.3, -0.25) is 0 Å². The van der Waals surface area contributed by atoms with Gasteiger partial charge in [0.25, 0.3) is 0 Å². The normalized spacial score (nSPS) is 11.6. The van der Waals surface area contributed by atoms with E-state index in [1.807, 2.05) is 133 Å². The van der Waals surface area contributed by atoms with Crippen molar-refractivity contribution in [3.05, 3.63) is 537 Å². The fourth-order valence-corrected chi connectivity index (χ4v) is 20.2. The average molecular weight is 1800 g/mol. The van der Waals surface area contributed by atoms with Crippen molar-refractivity contribution in [2.75, 3.05) is 0 Å². The van der Waals surface area contributed by atoms with Crippen molar-refractivity contribution in [2.24, 2.45) is 0 Å². The molecule has 141 heavy (non-hydrogen) atoms. The van der Waals surface area contributed by atoms with Gasteiger partial charge < -0.3 is 0 Å². The van der Waals surface area contributed by atoms with Crippen molar-refractivity contribution in [1.29, 1.82) is 0 Å². The van der Waals surface area contributed by atoms with Crippen LogP contribution in [0.5, 0.6) is 0 Å². The summed E-state index contributed by atoms with van der Waals surface area (Å²) in [4.78, 5) is 44.7. The summed E-state index contributed by atoms with van der Waals surface area (Å²) in [6.07, 6.45) is 2.72. The Balaban J connectivity index is 0.000000115. The maximum Gasteiger partial charge on any atom is 0.164 e. The smallest absolute Gasteiger partial charge is 0.164 e. The zero-order chi connectivity index (χ0) is 93.7. The van der Waals surface area contributed by atoms with Crippen molar-refractivity contribution >= 4 is 0 Å². The Kier molecular flexibility index (Phi) is 23.2. The van der Waals surface area contributed by atoms with Crippen LogP contribution in [0, 0.1) is 0 Å². The summed E-state index contributed by atoms with van der Waals surface area (Å²) in [6.45, 7) is 0. The molecule has 0 unspecified atom stereocenters. The second-order valence-corrected chi connectivity index (χ2v) is 35.6. The predicted molar refractivity (Wildman–Crippen MR) is 577 cm³/mol. The molecule has 3 aromatic heterocycles. The zero-order valence-corrected chi connectivity index (χ0v) is 77.1. The highest BCUT2D eigenvalue weighted by molar-refractivity contribution is 5.94. The summed E-state index contributed by atoms with van der Waals surface area (Å²) in [5.74, 6) is 5.92. The van der Waals surface area contributed by atoms with E-state index in [9.17, 15) is 0 Å². The summed E-state index contributed by atoms with van der Waals surface area (Å²) in [6, 6.07) is 176. The van der Waals surface area contributed by atoms with Crippen LogP contribution >= 0.6 is 0 Å². The van der Waals surface area contributed by atoms with E-state index in [4.69, 9.17) is 44.9 Å². The molecule has 9 nitrogen and oxygen atoms in total. The summed E-state index contributed by atoms with van der Waals surface area (Å²) in [5, 5.41) is 0. The summed E-state index contributed by atoms with van der Waals surface area (Å²) >= 11 is 0. The number of nitrogens with zero attached hydrogens (tertiary/aromatic N) is 9. The fraction of sp³-hybridized carbons (Fsp3) is 0.0227. The third-order valence-electron chi connectivity index (χ3n) is 27.1. The highest BCUT2D eigenvalue weighted by atomic mass is 15.1. The minimum atomic E-state index is 0.650. The largest absolute Gasteiger partial charge is 0.208 e. The first kappa shape index (κ1) is 85.4. The van der Waals surface area contributed by atoms with Crippen LogP contribution in [0.4, 0.5) is 0 Å². The number of hydrogen-bond acceptors (Lipinski definition) is 9. The van der Waals surface area contributed by atoms with Crippen LogP contribution in [-0.4, -0.2) is 44.9 Å². The minimum absolute atomic E-state index is 0.650. The Hall–Kier alpha value is -18.6. The maximum atomic E-state index is 5.10. The van der Waals surface area contributed by atoms with E-state index in [2.05, 4.69) is 370 Å². The van der Waals surface area contributed by atoms with Gasteiger partial charge in [-0.05, 0) is 187 Å². The van der Waals surface area contributed by atoms with Crippen LogP contribution in [-0.2, 0) is 19.3 Å². The lowest BCUT2D eigenvalue weighted by Crippen LogP contribution is -2.00. The van der Waals surface area contributed by atoms with Crippen molar-refractivity contribution in [3.8, 4) is 225 Å². The molecule has 0 saturated heterocycles. The average Bonchev–Trinajstić information content (AvgIpc) is 1.61. The molecule has 23 aromatic rings. The van der Waals surface area contributed by atoms with Crippen LogP contribution < -0.4 is 0 Å². The van der Waals surface area contributed by atoms with Gasteiger partial charge in [-0.15, -0.1) is 0 Å². The van der Waals surface area contributed by atoms with E-state index in [1.54, 1.807) is 0 Å². The third kappa shape index (κ3) is 17.4. The molecule has 0 bridgehead atoms. The highest BCUT2D eigenvalue weighted by Crippen LogP contribution is 2.50. The van der Waals surface area contributed by atoms with Crippen molar-refractivity contribution in [3.63, 3.8) is 0 Å². The molecule has 3 aliphatic carbocycles. The van der Waals surface area contributed by atoms with Crippen LogP contribution in [0.25, 0.3) is 225 Å². The first-order chi connectivity index (χ1) is 69.9. The monoisotopic (exact) mass is 1800 g/mol. The quantitative estimate of drug-likeness (QED) is 0.0879. The Morgan fingerprint density at radius 1 is 0.0922 bits per heavy atom. The summed E-state index contributed by atoms with van der Waals surface area (Å²) in [5.41, 5.74) is 44.5. The molecular formula is C132H89N9. The van der Waals surface area contributed by atoms with E-state index in [1.165, 1.54) is 134 Å². The van der Waals surface area contributed by atoms with Crippen molar-refractivity contribution in [1.82, 2.24) is 44.9 Å². The van der Waals surface area contributed by atoms with Crippen LogP contribution in [0.1, 0.15) is 33.4 Å². The van der Waals surface area contributed by atoms with Crippen LogP contribution in [0.15, 0.2) is 504 Å². The Labute approximate surface area is 820 Å². The maximum absolute atomic E-state index is 5.10. The molecule has 0 spiro atoms. The second-order valence-electron chi connectivity index (χ2n) is 35.6. The second kappa shape index (κ2) is 38.3. The molecule has 0 saturated carbocycles. The summed E-state index contributed by atoms with van der Waals surface area (Å²) < 4.78 is 0. The number of aromatic nitrogens is 9. The van der Waals surface area contributed by atoms with E-state index >= 15 is 0 Å². The lowest BCUT2D eigenvalue weighted by Gasteiger charge is -2.12. The van der Waals surface area contributed by atoms with E-state index in [-0.39, 0.29) is 0 Å². The molecule has 0 aliphatic heterocycles. The van der Waals surface area contributed by atoms with E-state index in [0.717, 1.165) is 91.6 Å². The zero-order valence-electron chi connectivity index (χ0n) is 77.1. The molecule has 0 fully saturated rings. The number of benzene rings is 20. The van der Waals surface area contributed by atoms with Gasteiger partial charge in [0.1, 0.15) is 0 Å². The lowest BCUT2D eigenvalue weighted by molar-refractivity contribution is 1.07. The van der Waals surface area contributed by atoms with E-state index in [0.29, 0.717) is 52.4 Å². The summed E-state index contributed by atoms with van der Waals surface area (Å²) in [7, 11) is 0. The first-order valence-corrected chi connectivity index (χ1v) is 47.9. The molecule has 0 amide bonds. The Morgan fingerprint density at radius 2 is 0.227 bits per heavy atom. The van der Waals surface area contributed by atoms with Crippen LogP contribution in [0.3, 0.4) is 0 Å². The lowest BCUT2D eigenvalue weighted by atomic mass is 9.94. The van der Waals surface area contributed by atoms with Gasteiger partial charge in [0, 0.05) is 50.1 Å². The standard InChI is InChI=1S/2C46H31N3.C40H27N3/c1-4-14-31(15-5-1)34-20-10-22-36(28-34)45-47-44(33-18-8-3-9-19-33)48-46(49-45)37-23-11-21-35(29-37)39-25-13-27-41-40-26-12-24-38(42(40)30-43(39)41)32-16-6-2-7-17-32;1-4-12-31(13-5-1)32-22-26-36(27-23-32)45-47-44(35-16-8-3-9-17-35)48-46(49-45)37-28-24-34(25-29-37)39-19-11-21-41-40-20-10-18-38(42(40)30-43(39)41)33-14-6-2-7-15-33;1-4-12-27(13-5-1)32-18-10-20-34-35-21-11-19-33(37(35)26-36(32)34)28-22-24-31(25-23-28)40-42-38(29-14-6-2-7-15-29)41-39(43-40)30-16-8-3-9-17-30/h2*1-29H,30H2;1-25H,26H2. The van der Waals surface area contributed by atoms with Gasteiger partial charge in [0.15, 0.2) is 52.4 Å². The predicted octanol–water partition coefficient (Wildman–Crippen LogP) is 32.7. The third-order valence-corrected chi connectivity index (χ3v) is 27.1. The van der Waals surface area contributed by atoms with Crippen LogP contribution in [0.2, 0.25) is 0 Å². The SMILES string of the molecule is c1ccc(-c2ccc(-c3nc(-c4ccccc4)nc(-c4ccc(-c5cccc6c5Cc5c(-c7ccccc7)cccc5-6)cc4)n3)cc2)cc1.c1ccc(-c2cccc(-c3nc(-c4ccccc4)nc(-c4cccc(-c5cccc6c5Cc5c(-c7ccccc7)cccc5-6)c4)n3)c2)cc1.c1ccc(-c2nc(-c3ccccc3)nc(-c3ccc(-c4cccc5c4Cc4c(-c6ccccc6)cccc4-5)cc3)n2)cc1. The van der Waals surface area contributed by atoms with Crippen molar-refractivity contribution < 1.29 is 0 Å². The van der Waals surface area contributed by atoms with E-state index < -0.39 is 0 Å². The Bertz CT molecular complexity index is 8470. The molecule has 0 N–H and O–H groups in total. The topological polar surface area (TPSA) is 116 Å². The Morgan fingerprint density at radius 3 is 0.475 bits per heavy atom. The molecular weight excluding hydrogens is 1710 g/mol. The van der Waals surface area contributed by atoms with Gasteiger partial charge in [0.2, 0.25) is 0 Å². The molecule has 9 heteroatoms. The molecule has 0 atom stereocenters. The molecule has 20 aromatic carbocycles. The molecule has 26 rings (SSSR count).